The molecule has 1 aliphatic heterocycles. The van der Waals surface area contributed by atoms with Gasteiger partial charge in [-0.2, -0.15) is 0 Å². The highest BCUT2D eigenvalue weighted by atomic mass is 32.2. The second-order valence-electron chi connectivity index (χ2n) is 6.36. The summed E-state index contributed by atoms with van der Waals surface area (Å²) in [7, 11) is -3.03. The summed E-state index contributed by atoms with van der Waals surface area (Å²) in [4.78, 5) is 15.6. The fraction of sp³-hybridized carbons (Fsp3) is 0.667. The van der Waals surface area contributed by atoms with Crippen LogP contribution in [0.15, 0.2) is 11.4 Å². The smallest absolute Gasteiger partial charge is 0.317 e. The molecule has 1 fully saturated rings. The van der Waals surface area contributed by atoms with E-state index in [-0.39, 0.29) is 29.5 Å². The number of amides is 2. The molecule has 2 heterocycles. The molecule has 122 valence electrons. The van der Waals surface area contributed by atoms with Gasteiger partial charge in [0.15, 0.2) is 9.84 Å². The quantitative estimate of drug-likeness (QED) is 0.851. The minimum Gasteiger partial charge on any atom is -0.331 e. The molecule has 1 aromatic heterocycles. The van der Waals surface area contributed by atoms with E-state index in [1.165, 1.54) is 10.4 Å². The van der Waals surface area contributed by atoms with Gasteiger partial charge in [-0.1, -0.05) is 6.92 Å². The fourth-order valence-corrected chi connectivity index (χ4v) is 5.97. The minimum absolute atomic E-state index is 0.0127. The van der Waals surface area contributed by atoms with Gasteiger partial charge in [-0.25, -0.2) is 13.2 Å². The Kier molecular flexibility index (Phi) is 4.45. The Morgan fingerprint density at radius 3 is 3.09 bits per heavy atom. The van der Waals surface area contributed by atoms with Crippen molar-refractivity contribution in [3.63, 3.8) is 0 Å². The summed E-state index contributed by atoms with van der Waals surface area (Å²) in [6.07, 6.45) is 3.14. The number of nitrogens with zero attached hydrogens (tertiary/aromatic N) is 1. The van der Waals surface area contributed by atoms with E-state index < -0.39 is 9.84 Å². The highest BCUT2D eigenvalue weighted by molar-refractivity contribution is 7.91. The van der Waals surface area contributed by atoms with Gasteiger partial charge < -0.3 is 10.2 Å². The normalized spacial score (nSPS) is 27.8. The first-order valence-electron chi connectivity index (χ1n) is 7.77. The van der Waals surface area contributed by atoms with E-state index in [2.05, 4.69) is 16.8 Å². The highest BCUT2D eigenvalue weighted by Gasteiger charge is 2.29. The number of rotatable bonds is 1. The second kappa shape index (κ2) is 6.20. The van der Waals surface area contributed by atoms with E-state index in [1.807, 2.05) is 6.92 Å². The molecule has 0 saturated carbocycles. The zero-order valence-corrected chi connectivity index (χ0v) is 14.4. The molecule has 7 heteroatoms. The van der Waals surface area contributed by atoms with Crippen molar-refractivity contribution < 1.29 is 13.2 Å². The van der Waals surface area contributed by atoms with Gasteiger partial charge in [0, 0.05) is 18.0 Å². The van der Waals surface area contributed by atoms with Crippen molar-refractivity contribution in [3.05, 3.63) is 21.9 Å². The van der Waals surface area contributed by atoms with Gasteiger partial charge in [-0.3, -0.25) is 0 Å². The number of hydrogen-bond donors (Lipinski definition) is 1. The average Bonchev–Trinajstić information content (AvgIpc) is 2.86. The number of carbonyl (C=O) groups is 1. The molecule has 1 saturated heterocycles. The Hall–Kier alpha value is -1.08. The van der Waals surface area contributed by atoms with Crippen LogP contribution in [-0.2, 0) is 16.3 Å². The van der Waals surface area contributed by atoms with Crippen molar-refractivity contribution in [3.8, 4) is 0 Å². The van der Waals surface area contributed by atoms with E-state index in [9.17, 15) is 13.2 Å². The van der Waals surface area contributed by atoms with Crippen LogP contribution in [0.3, 0.4) is 0 Å². The molecule has 0 bridgehead atoms. The lowest BCUT2D eigenvalue weighted by molar-refractivity contribution is 0.190. The van der Waals surface area contributed by atoms with Crippen LogP contribution in [0.1, 0.15) is 36.2 Å². The van der Waals surface area contributed by atoms with E-state index >= 15 is 0 Å². The molecule has 0 radical (unpaired) electrons. The topological polar surface area (TPSA) is 66.5 Å². The van der Waals surface area contributed by atoms with Crippen molar-refractivity contribution in [2.75, 3.05) is 24.6 Å². The molecule has 0 unspecified atom stereocenters. The predicted octanol–water partition coefficient (Wildman–Crippen LogP) is 2.20. The largest absolute Gasteiger partial charge is 0.331 e. The van der Waals surface area contributed by atoms with Crippen LogP contribution in [0.4, 0.5) is 4.79 Å². The molecule has 2 aliphatic rings. The van der Waals surface area contributed by atoms with Gasteiger partial charge in [-0.05, 0) is 42.2 Å². The summed E-state index contributed by atoms with van der Waals surface area (Å²) in [6, 6.07) is 2.03. The summed E-state index contributed by atoms with van der Waals surface area (Å²) >= 11 is 1.75. The molecule has 0 aromatic carbocycles. The van der Waals surface area contributed by atoms with Crippen LogP contribution < -0.4 is 5.32 Å². The van der Waals surface area contributed by atoms with Gasteiger partial charge in [0.2, 0.25) is 0 Å². The van der Waals surface area contributed by atoms with Crippen LogP contribution in [-0.4, -0.2) is 43.9 Å². The maximum Gasteiger partial charge on any atom is 0.317 e. The third-order valence-electron chi connectivity index (χ3n) is 4.38. The van der Waals surface area contributed by atoms with Crippen molar-refractivity contribution >= 4 is 27.2 Å². The third kappa shape index (κ3) is 3.46. The summed E-state index contributed by atoms with van der Waals surface area (Å²) in [5.74, 6) is 0.231. The van der Waals surface area contributed by atoms with Crippen molar-refractivity contribution in [1.29, 1.82) is 0 Å². The number of urea groups is 1. The first-order valence-corrected chi connectivity index (χ1v) is 10.5. The molecule has 2 atom stereocenters. The number of fused-ring (bicyclic) bond motifs is 1. The fourth-order valence-electron chi connectivity index (χ4n) is 3.35. The number of sulfone groups is 1. The lowest BCUT2D eigenvalue weighted by Crippen LogP contribution is -2.44. The summed E-state index contributed by atoms with van der Waals surface area (Å²) in [5.41, 5.74) is 1.24. The summed E-state index contributed by atoms with van der Waals surface area (Å²) in [5, 5.41) is 5.18. The van der Waals surface area contributed by atoms with Crippen LogP contribution in [0, 0.1) is 5.92 Å². The number of hydrogen-bond acceptors (Lipinski definition) is 4. The number of aryl methyl sites for hydroxylation is 1. The minimum atomic E-state index is -3.03. The van der Waals surface area contributed by atoms with Crippen molar-refractivity contribution in [2.45, 2.75) is 32.2 Å². The van der Waals surface area contributed by atoms with Crippen molar-refractivity contribution in [2.24, 2.45) is 5.92 Å². The Bertz CT molecular complexity index is 653. The van der Waals surface area contributed by atoms with Gasteiger partial charge in [0.05, 0.1) is 17.5 Å². The lowest BCUT2D eigenvalue weighted by atomic mass is 9.94. The highest BCUT2D eigenvalue weighted by Crippen LogP contribution is 2.33. The Morgan fingerprint density at radius 1 is 1.45 bits per heavy atom. The van der Waals surface area contributed by atoms with Crippen LogP contribution in [0.25, 0.3) is 0 Å². The number of carbonyl (C=O) groups excluding carboxylic acids is 1. The Balaban J connectivity index is 1.68. The van der Waals surface area contributed by atoms with Gasteiger partial charge >= 0.3 is 6.03 Å². The standard InChI is InChI=1S/C15H22N2O3S2/c1-11-9-17(6-8-22(19,20)10-11)15(18)16-13-3-2-4-14-12(13)5-7-21-14/h5,7,11,13H,2-4,6,8-10H2,1H3,(H,16,18)/t11-,13+/m1/s1. The first kappa shape index (κ1) is 15.8. The molecule has 22 heavy (non-hydrogen) atoms. The van der Waals surface area contributed by atoms with E-state index in [1.54, 1.807) is 16.2 Å². The maximum atomic E-state index is 12.5. The first-order chi connectivity index (χ1) is 10.4. The number of thiophene rings is 1. The lowest BCUT2D eigenvalue weighted by Gasteiger charge is -2.28. The molecule has 3 rings (SSSR count). The summed E-state index contributed by atoms with van der Waals surface area (Å²) < 4.78 is 23.6. The Labute approximate surface area is 135 Å². The van der Waals surface area contributed by atoms with Crippen LogP contribution in [0.2, 0.25) is 0 Å². The molecule has 1 aromatic rings. The zero-order chi connectivity index (χ0) is 15.7. The van der Waals surface area contributed by atoms with Gasteiger partial charge in [-0.15, -0.1) is 11.3 Å². The molecule has 2 amide bonds. The molecule has 0 spiro atoms. The monoisotopic (exact) mass is 342 g/mol. The van der Waals surface area contributed by atoms with E-state index in [0.717, 1.165) is 19.3 Å². The molecule has 1 N–H and O–H groups in total. The maximum absolute atomic E-state index is 12.5. The molecule has 5 nitrogen and oxygen atoms in total. The Morgan fingerprint density at radius 2 is 2.27 bits per heavy atom. The van der Waals surface area contributed by atoms with Crippen LogP contribution in [0.5, 0.6) is 0 Å². The van der Waals surface area contributed by atoms with Crippen molar-refractivity contribution in [1.82, 2.24) is 10.2 Å². The van der Waals surface area contributed by atoms with E-state index in [0.29, 0.717) is 13.1 Å². The molecular formula is C15H22N2O3S2. The second-order valence-corrected chi connectivity index (χ2v) is 9.59. The third-order valence-corrected chi connectivity index (χ3v) is 7.26. The molecular weight excluding hydrogens is 320 g/mol. The zero-order valence-electron chi connectivity index (χ0n) is 12.7. The van der Waals surface area contributed by atoms with E-state index in [4.69, 9.17) is 0 Å². The molecule has 1 aliphatic carbocycles. The van der Waals surface area contributed by atoms with Crippen LogP contribution >= 0.6 is 11.3 Å². The van der Waals surface area contributed by atoms with Gasteiger partial charge in [0.25, 0.3) is 0 Å². The predicted molar refractivity (Wildman–Crippen MR) is 87.9 cm³/mol. The number of nitrogens with one attached hydrogen (secondary N) is 1. The van der Waals surface area contributed by atoms with Gasteiger partial charge in [0.1, 0.15) is 0 Å². The average molecular weight is 342 g/mol. The SMILES string of the molecule is C[C@@H]1CN(C(=O)N[C@H]2CCCc3sccc32)CCS(=O)(=O)C1. The summed E-state index contributed by atoms with van der Waals surface area (Å²) in [6.45, 7) is 2.69.